The van der Waals surface area contributed by atoms with Gasteiger partial charge >= 0.3 is 11.9 Å². The van der Waals surface area contributed by atoms with Crippen molar-refractivity contribution in [3.8, 4) is 0 Å². The first kappa shape index (κ1) is 42.8. The van der Waals surface area contributed by atoms with Crippen LogP contribution in [0.2, 0.25) is 5.02 Å². The molecule has 0 aliphatic heterocycles. The van der Waals surface area contributed by atoms with Crippen LogP contribution in [-0.2, 0) is 30.5 Å². The van der Waals surface area contributed by atoms with Crippen molar-refractivity contribution in [2.75, 3.05) is 13.2 Å². The summed E-state index contributed by atoms with van der Waals surface area (Å²) in [5, 5.41) is 32.6. The lowest BCUT2D eigenvalue weighted by atomic mass is 9.33. The number of rotatable bonds is 11. The van der Waals surface area contributed by atoms with Crippen molar-refractivity contribution in [3.05, 3.63) is 46.0 Å². The van der Waals surface area contributed by atoms with Crippen LogP contribution in [0.15, 0.2) is 35.4 Å². The number of aliphatic hydroxyl groups is 2. The molecule has 56 heavy (non-hydrogen) atoms. The molecule has 4 saturated carbocycles. The molecule has 9 atom stereocenters. The van der Waals surface area contributed by atoms with Crippen LogP contribution in [0.1, 0.15) is 132 Å². The van der Waals surface area contributed by atoms with Gasteiger partial charge in [0, 0.05) is 35.4 Å². The van der Waals surface area contributed by atoms with E-state index < -0.39 is 41.4 Å². The molecule has 0 aromatic heterocycles. The first-order chi connectivity index (χ1) is 26.0. The number of allylic oxidation sites excluding steroid dienone is 1. The summed E-state index contributed by atoms with van der Waals surface area (Å²) in [6.45, 7) is 18.8. The number of fused-ring (bicyclic) bond motifs is 7. The fraction of sp³-hybridized carbons (Fsp3) is 0.739. The summed E-state index contributed by atoms with van der Waals surface area (Å²) in [6.07, 6.45) is 5.88. The minimum atomic E-state index is -1.19. The quantitative estimate of drug-likeness (QED) is 0.190. The minimum absolute atomic E-state index is 0.00295. The van der Waals surface area contributed by atoms with E-state index in [2.05, 4.69) is 48.5 Å². The molecule has 1 amide bonds. The molecule has 310 valence electrons. The Hall–Kier alpha value is -2.75. The van der Waals surface area contributed by atoms with Gasteiger partial charge in [-0.2, -0.15) is 0 Å². The fourth-order valence-corrected chi connectivity index (χ4v) is 13.6. The zero-order chi connectivity index (χ0) is 41.4. The molecule has 1 unspecified atom stereocenters. The highest BCUT2D eigenvalue weighted by molar-refractivity contribution is 6.30. The van der Waals surface area contributed by atoms with Crippen LogP contribution in [0.5, 0.6) is 0 Å². The van der Waals surface area contributed by atoms with E-state index in [0.29, 0.717) is 23.3 Å². The fourth-order valence-electron chi connectivity index (χ4n) is 13.5. The molecule has 5 aliphatic rings. The number of hydrogen-bond donors (Lipinski definition) is 3. The molecule has 10 heteroatoms. The van der Waals surface area contributed by atoms with E-state index in [0.717, 1.165) is 61.7 Å². The molecule has 0 radical (unpaired) electrons. The van der Waals surface area contributed by atoms with Crippen LogP contribution in [0.25, 0.3) is 0 Å². The van der Waals surface area contributed by atoms with Crippen LogP contribution in [0.4, 0.5) is 0 Å². The number of carbonyl (C=O) groups is 4. The molecule has 6 rings (SSSR count). The Bertz CT molecular complexity index is 1770. The summed E-state index contributed by atoms with van der Waals surface area (Å²) in [7, 11) is 0. The predicted octanol–water partition coefficient (Wildman–Crippen LogP) is 8.42. The van der Waals surface area contributed by atoms with Crippen molar-refractivity contribution >= 4 is 35.2 Å². The third-order valence-electron chi connectivity index (χ3n) is 16.7. The van der Waals surface area contributed by atoms with E-state index in [1.165, 1.54) is 4.90 Å². The largest absolute Gasteiger partial charge is 0.481 e. The average molecular weight is 796 g/mol. The van der Waals surface area contributed by atoms with Crippen LogP contribution < -0.4 is 0 Å². The number of ketones is 1. The minimum Gasteiger partial charge on any atom is -0.481 e. The molecule has 0 saturated heterocycles. The number of ether oxygens (including phenoxy) is 1. The number of carbonyl (C=O) groups excluding carboxylic acids is 3. The number of carboxylic acids is 1. The first-order valence-electron chi connectivity index (χ1n) is 21.0. The molecule has 0 spiro atoms. The Kier molecular flexibility index (Phi) is 11.3. The maximum Gasteiger partial charge on any atom is 0.309 e. The molecular weight excluding hydrogens is 730 g/mol. The lowest BCUT2D eigenvalue weighted by Crippen LogP contribution is -2.66. The highest BCUT2D eigenvalue weighted by Gasteiger charge is 2.71. The number of benzene rings is 1. The second-order valence-corrected chi connectivity index (χ2v) is 21.1. The lowest BCUT2D eigenvalue weighted by molar-refractivity contribution is -0.235. The summed E-state index contributed by atoms with van der Waals surface area (Å²) in [5.41, 5.74) is 0.393. The number of hydrogen-bond acceptors (Lipinski definition) is 7. The number of Topliss-reactive ketones (excluding diaryl/α,β-unsaturated/α-hetero) is 1. The van der Waals surface area contributed by atoms with Crippen molar-refractivity contribution in [2.45, 2.75) is 145 Å². The maximum absolute atomic E-state index is 14.2. The Morgan fingerprint density at radius 2 is 1.59 bits per heavy atom. The van der Waals surface area contributed by atoms with E-state index >= 15 is 0 Å². The van der Waals surface area contributed by atoms with Crippen LogP contribution in [0.3, 0.4) is 0 Å². The number of amides is 1. The molecule has 0 bridgehead atoms. The van der Waals surface area contributed by atoms with Gasteiger partial charge in [-0.25, -0.2) is 0 Å². The predicted molar refractivity (Wildman–Crippen MR) is 215 cm³/mol. The van der Waals surface area contributed by atoms with Crippen molar-refractivity contribution < 1.29 is 39.2 Å². The number of halogens is 1. The monoisotopic (exact) mass is 795 g/mol. The third kappa shape index (κ3) is 6.77. The van der Waals surface area contributed by atoms with E-state index in [1.54, 1.807) is 26.0 Å². The van der Waals surface area contributed by atoms with Crippen molar-refractivity contribution in [3.63, 3.8) is 0 Å². The number of esters is 1. The van der Waals surface area contributed by atoms with Gasteiger partial charge in [-0.15, -0.1) is 0 Å². The molecular formula is C46H66ClNO8. The molecule has 1 aromatic rings. The number of carboxylic acid groups (broad SMARTS) is 1. The second kappa shape index (κ2) is 14.8. The topological polar surface area (TPSA) is 141 Å². The molecule has 0 heterocycles. The van der Waals surface area contributed by atoms with Crippen molar-refractivity contribution in [1.29, 1.82) is 0 Å². The normalized spacial score (nSPS) is 35.6. The van der Waals surface area contributed by atoms with Gasteiger partial charge in [0.1, 0.15) is 12.7 Å². The van der Waals surface area contributed by atoms with E-state index in [1.807, 2.05) is 12.1 Å². The zero-order valence-corrected chi connectivity index (χ0v) is 35.9. The van der Waals surface area contributed by atoms with Crippen LogP contribution in [-0.4, -0.2) is 69.2 Å². The standard InChI is InChI=1S/C46H66ClNO8/c1-27(2)38-31(50)22-46(34(51)25-48(36(52)26-49)24-28-10-12-29(47)13-11-28)21-20-44(8)30(39(38)46)14-15-33-43(7)18-17-35(56-37(53)23-41(3,4)40(54)55)42(5,6)32(43)16-19-45(33,44)9/h10-13,27,30,32-35,49,51H,14-26H2,1-9H3,(H,54,55)/t30-,32?,33-,34+,35+,43+,44-,45-,46+/m1/s1. The summed E-state index contributed by atoms with van der Waals surface area (Å²) in [4.78, 5) is 53.8. The Morgan fingerprint density at radius 3 is 2.20 bits per heavy atom. The van der Waals surface area contributed by atoms with Gasteiger partial charge in [-0.05, 0) is 128 Å². The van der Waals surface area contributed by atoms with Gasteiger partial charge in [-0.1, -0.05) is 77.8 Å². The van der Waals surface area contributed by atoms with Gasteiger partial charge in [0.2, 0.25) is 5.91 Å². The number of aliphatic hydroxyl groups excluding tert-OH is 2. The van der Waals surface area contributed by atoms with Gasteiger partial charge in [-0.3, -0.25) is 19.2 Å². The van der Waals surface area contributed by atoms with Crippen LogP contribution in [0, 0.1) is 56.2 Å². The number of nitrogens with zero attached hydrogens (tertiary/aromatic N) is 1. The van der Waals surface area contributed by atoms with E-state index in [9.17, 15) is 34.5 Å². The van der Waals surface area contributed by atoms with Gasteiger partial charge in [0.15, 0.2) is 5.78 Å². The summed E-state index contributed by atoms with van der Waals surface area (Å²) in [6, 6.07) is 7.21. The average Bonchev–Trinajstić information content (AvgIpc) is 3.43. The van der Waals surface area contributed by atoms with Crippen molar-refractivity contribution in [2.24, 2.45) is 56.2 Å². The summed E-state index contributed by atoms with van der Waals surface area (Å²) < 4.78 is 6.16. The SMILES string of the molecule is CC(C)C1=C2[C@H]3CC[C@@H]4[C@@]5(C)CC[C@H](OC(=O)CC(C)(C)C(=O)O)C(C)(C)C5CC[C@@]4(C)[C@]3(C)CC[C@@]2([C@@H](O)CN(Cc2ccc(Cl)cc2)C(=O)CO)CC1=O. The summed E-state index contributed by atoms with van der Waals surface area (Å²) >= 11 is 6.13. The summed E-state index contributed by atoms with van der Waals surface area (Å²) in [5.74, 6) is -0.993. The van der Waals surface area contributed by atoms with Gasteiger partial charge in [0.05, 0.1) is 17.9 Å². The van der Waals surface area contributed by atoms with Crippen molar-refractivity contribution in [1.82, 2.24) is 4.90 Å². The van der Waals surface area contributed by atoms with E-state index in [-0.39, 0.29) is 71.3 Å². The molecule has 9 nitrogen and oxygen atoms in total. The van der Waals surface area contributed by atoms with Gasteiger partial charge in [0.25, 0.3) is 0 Å². The second-order valence-electron chi connectivity index (χ2n) is 20.6. The zero-order valence-electron chi connectivity index (χ0n) is 35.2. The molecule has 4 fully saturated rings. The smallest absolute Gasteiger partial charge is 0.309 e. The third-order valence-corrected chi connectivity index (χ3v) is 16.9. The Balaban J connectivity index is 1.29. The molecule has 1 aromatic carbocycles. The molecule has 3 N–H and O–H groups in total. The number of aliphatic carboxylic acids is 1. The van der Waals surface area contributed by atoms with Gasteiger partial charge < -0.3 is 25.0 Å². The Labute approximate surface area is 339 Å². The lowest BCUT2D eigenvalue weighted by Gasteiger charge is -2.72. The highest BCUT2D eigenvalue weighted by Crippen LogP contribution is 2.77. The maximum atomic E-state index is 14.2. The molecule has 5 aliphatic carbocycles. The highest BCUT2D eigenvalue weighted by atomic mass is 35.5. The van der Waals surface area contributed by atoms with E-state index in [4.69, 9.17) is 16.3 Å². The Morgan fingerprint density at radius 1 is 0.929 bits per heavy atom. The first-order valence-corrected chi connectivity index (χ1v) is 21.4. The van der Waals surface area contributed by atoms with Crippen LogP contribution >= 0.6 is 11.6 Å².